The number of hydrogen-bond donors (Lipinski definition) is 1. The average molecular weight is 281 g/mol. The summed E-state index contributed by atoms with van der Waals surface area (Å²) >= 11 is 1.61. The first-order valence-electron chi connectivity index (χ1n) is 6.17. The lowest BCUT2D eigenvalue weighted by molar-refractivity contribution is 0.948. The van der Waals surface area contributed by atoms with Crippen LogP contribution < -0.4 is 5.32 Å². The van der Waals surface area contributed by atoms with Crippen molar-refractivity contribution in [3.63, 3.8) is 0 Å². The van der Waals surface area contributed by atoms with Gasteiger partial charge in [0, 0.05) is 12.7 Å². The van der Waals surface area contributed by atoms with Crippen LogP contribution >= 0.6 is 11.3 Å². The molecule has 3 aromatic heterocycles. The Bertz CT molecular complexity index is 908. The summed E-state index contributed by atoms with van der Waals surface area (Å²) in [5, 5.41) is 6.40. The van der Waals surface area contributed by atoms with E-state index < -0.39 is 0 Å². The number of nitrogens with one attached hydrogen (secondary N) is 1. The van der Waals surface area contributed by atoms with Gasteiger partial charge in [-0.1, -0.05) is 0 Å². The molecule has 20 heavy (non-hydrogen) atoms. The predicted octanol–water partition coefficient (Wildman–Crippen LogP) is 3.32. The van der Waals surface area contributed by atoms with Gasteiger partial charge in [-0.15, -0.1) is 11.3 Å². The Morgan fingerprint density at radius 3 is 3.05 bits per heavy atom. The maximum Gasteiger partial charge on any atom is 0.142 e. The van der Waals surface area contributed by atoms with E-state index in [0.717, 1.165) is 32.8 Å². The molecule has 0 amide bonds. The zero-order valence-corrected chi connectivity index (χ0v) is 11.6. The summed E-state index contributed by atoms with van der Waals surface area (Å²) in [6.45, 7) is 0. The minimum absolute atomic E-state index is 0.825. The molecule has 0 aliphatic carbocycles. The molecule has 0 saturated carbocycles. The second kappa shape index (κ2) is 4.28. The Balaban J connectivity index is 1.78. The first kappa shape index (κ1) is 11.4. The van der Waals surface area contributed by atoms with Crippen LogP contribution in [0.1, 0.15) is 0 Å². The summed E-state index contributed by atoms with van der Waals surface area (Å²) in [6.07, 6.45) is 3.40. The molecule has 0 bridgehead atoms. The third-order valence-electron chi connectivity index (χ3n) is 3.25. The SMILES string of the molecule is Cn1cnc2cc(Nc3ncnc4sccc34)ccc21. The monoisotopic (exact) mass is 281 g/mol. The number of hydrogen-bond acceptors (Lipinski definition) is 5. The molecule has 6 heteroatoms. The second-order valence-electron chi connectivity index (χ2n) is 4.55. The smallest absolute Gasteiger partial charge is 0.142 e. The van der Waals surface area contributed by atoms with Gasteiger partial charge in [0.15, 0.2) is 0 Å². The molecule has 5 nitrogen and oxygen atoms in total. The Morgan fingerprint density at radius 2 is 2.10 bits per heavy atom. The zero-order chi connectivity index (χ0) is 13.5. The van der Waals surface area contributed by atoms with Crippen LogP contribution in [0.4, 0.5) is 11.5 Å². The van der Waals surface area contributed by atoms with Crippen molar-refractivity contribution >= 4 is 44.1 Å². The number of aryl methyl sites for hydroxylation is 1. The summed E-state index contributed by atoms with van der Waals surface area (Å²) in [4.78, 5) is 13.9. The van der Waals surface area contributed by atoms with Gasteiger partial charge in [-0.05, 0) is 29.6 Å². The number of nitrogens with zero attached hydrogens (tertiary/aromatic N) is 4. The van der Waals surface area contributed by atoms with Crippen LogP contribution in [0.2, 0.25) is 0 Å². The van der Waals surface area contributed by atoms with Gasteiger partial charge in [0.2, 0.25) is 0 Å². The number of aromatic nitrogens is 4. The highest BCUT2D eigenvalue weighted by molar-refractivity contribution is 7.16. The van der Waals surface area contributed by atoms with E-state index in [0.29, 0.717) is 0 Å². The van der Waals surface area contributed by atoms with E-state index in [1.54, 1.807) is 17.7 Å². The summed E-state index contributed by atoms with van der Waals surface area (Å²) in [6, 6.07) is 8.14. The lowest BCUT2D eigenvalue weighted by Gasteiger charge is -2.06. The van der Waals surface area contributed by atoms with Crippen LogP contribution in [0.25, 0.3) is 21.3 Å². The van der Waals surface area contributed by atoms with Crippen molar-refractivity contribution < 1.29 is 0 Å². The number of benzene rings is 1. The molecule has 0 fully saturated rings. The molecule has 0 aliphatic rings. The number of thiophene rings is 1. The average Bonchev–Trinajstić information content (AvgIpc) is 3.07. The molecule has 0 spiro atoms. The van der Waals surface area contributed by atoms with Crippen LogP contribution in [0.15, 0.2) is 42.3 Å². The van der Waals surface area contributed by atoms with E-state index in [9.17, 15) is 0 Å². The van der Waals surface area contributed by atoms with E-state index in [1.165, 1.54) is 0 Å². The maximum atomic E-state index is 4.37. The highest BCUT2D eigenvalue weighted by Crippen LogP contribution is 2.27. The minimum Gasteiger partial charge on any atom is -0.340 e. The molecular weight excluding hydrogens is 270 g/mol. The van der Waals surface area contributed by atoms with Crippen molar-refractivity contribution in [1.82, 2.24) is 19.5 Å². The van der Waals surface area contributed by atoms with Crippen molar-refractivity contribution in [2.24, 2.45) is 7.05 Å². The maximum absolute atomic E-state index is 4.37. The molecule has 4 rings (SSSR count). The van der Waals surface area contributed by atoms with E-state index >= 15 is 0 Å². The van der Waals surface area contributed by atoms with Crippen LogP contribution in [-0.4, -0.2) is 19.5 Å². The molecule has 3 heterocycles. The topological polar surface area (TPSA) is 55.6 Å². The van der Waals surface area contributed by atoms with Crippen LogP contribution in [0.5, 0.6) is 0 Å². The Labute approximate surface area is 118 Å². The van der Waals surface area contributed by atoms with Crippen molar-refractivity contribution in [2.45, 2.75) is 0 Å². The summed E-state index contributed by atoms with van der Waals surface area (Å²) in [7, 11) is 1.99. The lowest BCUT2D eigenvalue weighted by Crippen LogP contribution is -1.94. The van der Waals surface area contributed by atoms with Gasteiger partial charge in [-0.25, -0.2) is 15.0 Å². The summed E-state index contributed by atoms with van der Waals surface area (Å²) in [5.74, 6) is 0.825. The van der Waals surface area contributed by atoms with Gasteiger partial charge < -0.3 is 9.88 Å². The van der Waals surface area contributed by atoms with Crippen molar-refractivity contribution in [2.75, 3.05) is 5.32 Å². The second-order valence-corrected chi connectivity index (χ2v) is 5.44. The quantitative estimate of drug-likeness (QED) is 0.612. The first-order chi connectivity index (χ1) is 9.81. The zero-order valence-electron chi connectivity index (χ0n) is 10.7. The highest BCUT2D eigenvalue weighted by atomic mass is 32.1. The number of imidazole rings is 1. The Hall–Kier alpha value is -2.47. The van der Waals surface area contributed by atoms with Gasteiger partial charge in [-0.2, -0.15) is 0 Å². The van der Waals surface area contributed by atoms with Gasteiger partial charge in [0.05, 0.1) is 22.7 Å². The van der Waals surface area contributed by atoms with Gasteiger partial charge in [0.25, 0.3) is 0 Å². The van der Waals surface area contributed by atoms with Crippen molar-refractivity contribution in [1.29, 1.82) is 0 Å². The fourth-order valence-corrected chi connectivity index (χ4v) is 2.97. The minimum atomic E-state index is 0.825. The summed E-state index contributed by atoms with van der Waals surface area (Å²) < 4.78 is 2.00. The normalized spacial score (nSPS) is 11.2. The molecule has 0 unspecified atom stereocenters. The van der Waals surface area contributed by atoms with Crippen LogP contribution in [0.3, 0.4) is 0 Å². The van der Waals surface area contributed by atoms with Crippen molar-refractivity contribution in [3.05, 3.63) is 42.3 Å². The van der Waals surface area contributed by atoms with E-state index in [1.807, 2.05) is 41.5 Å². The standard InChI is InChI=1S/C14H11N5S/c1-19-8-17-11-6-9(2-3-12(11)19)18-13-10-4-5-20-14(10)16-7-15-13/h2-8H,1H3,(H,15,16,18). The molecule has 0 radical (unpaired) electrons. The summed E-state index contributed by atoms with van der Waals surface area (Å²) in [5.41, 5.74) is 3.05. The molecule has 4 aromatic rings. The van der Waals surface area contributed by atoms with Gasteiger partial charge in [0.1, 0.15) is 17.0 Å². The molecule has 0 aliphatic heterocycles. The molecule has 0 atom stereocenters. The van der Waals surface area contributed by atoms with E-state index in [4.69, 9.17) is 0 Å². The Morgan fingerprint density at radius 1 is 1.15 bits per heavy atom. The largest absolute Gasteiger partial charge is 0.340 e. The number of rotatable bonds is 2. The highest BCUT2D eigenvalue weighted by Gasteiger charge is 2.06. The van der Waals surface area contributed by atoms with Gasteiger partial charge >= 0.3 is 0 Å². The molecule has 1 aromatic carbocycles. The molecule has 1 N–H and O–H groups in total. The molecule has 98 valence electrons. The molecule has 0 saturated heterocycles. The third kappa shape index (κ3) is 1.73. The van der Waals surface area contributed by atoms with Crippen molar-refractivity contribution in [3.8, 4) is 0 Å². The van der Waals surface area contributed by atoms with Crippen LogP contribution in [-0.2, 0) is 7.05 Å². The lowest BCUT2D eigenvalue weighted by atomic mass is 10.2. The number of anilines is 2. The van der Waals surface area contributed by atoms with Gasteiger partial charge in [-0.3, -0.25) is 0 Å². The molecular formula is C14H11N5S. The first-order valence-corrected chi connectivity index (χ1v) is 7.05. The van der Waals surface area contributed by atoms with E-state index in [2.05, 4.69) is 26.3 Å². The third-order valence-corrected chi connectivity index (χ3v) is 4.07. The fraction of sp³-hybridized carbons (Fsp3) is 0.0714. The Kier molecular flexibility index (Phi) is 2.43. The fourth-order valence-electron chi connectivity index (χ4n) is 2.24. The number of fused-ring (bicyclic) bond motifs is 2. The van der Waals surface area contributed by atoms with Crippen LogP contribution in [0, 0.1) is 0 Å². The predicted molar refractivity (Wildman–Crippen MR) is 81.4 cm³/mol. The van der Waals surface area contributed by atoms with E-state index in [-0.39, 0.29) is 0 Å².